The normalized spacial score (nSPS) is 11.2. The van der Waals surface area contributed by atoms with Crippen LogP contribution in [0.3, 0.4) is 0 Å². The first-order chi connectivity index (χ1) is 9.04. The number of aromatic nitrogens is 1. The minimum atomic E-state index is 0.120. The number of benzene rings is 1. The Morgan fingerprint density at radius 3 is 2.58 bits per heavy atom. The van der Waals surface area contributed by atoms with Crippen molar-refractivity contribution < 1.29 is 0 Å². The van der Waals surface area contributed by atoms with E-state index in [1.54, 1.807) is 4.57 Å². The fourth-order valence-electron chi connectivity index (χ4n) is 2.62. The van der Waals surface area contributed by atoms with Crippen LogP contribution in [0, 0.1) is 13.8 Å². The summed E-state index contributed by atoms with van der Waals surface area (Å²) in [6.07, 6.45) is 2.75. The van der Waals surface area contributed by atoms with Crippen molar-refractivity contribution in [2.24, 2.45) is 12.8 Å². The summed E-state index contributed by atoms with van der Waals surface area (Å²) in [5, 5.41) is 1.18. The van der Waals surface area contributed by atoms with Crippen LogP contribution in [-0.2, 0) is 13.5 Å². The van der Waals surface area contributed by atoms with E-state index in [2.05, 4.69) is 32.0 Å². The van der Waals surface area contributed by atoms with Gasteiger partial charge in [-0.15, -0.1) is 0 Å². The monoisotopic (exact) mass is 258 g/mol. The van der Waals surface area contributed by atoms with Crippen molar-refractivity contribution in [3.63, 3.8) is 0 Å². The molecule has 0 radical (unpaired) electrons. The molecule has 0 aliphatic heterocycles. The number of hydrogen-bond acceptors (Lipinski definition) is 2. The molecule has 0 atom stereocenters. The number of hydrogen-bond donors (Lipinski definition) is 1. The lowest BCUT2D eigenvalue weighted by molar-refractivity contribution is 0.732. The molecule has 2 aromatic rings. The number of fused-ring (bicyclic) bond motifs is 1. The summed E-state index contributed by atoms with van der Waals surface area (Å²) in [5.41, 5.74) is 9.96. The van der Waals surface area contributed by atoms with Crippen LogP contribution in [0.4, 0.5) is 0 Å². The second kappa shape index (κ2) is 5.57. The molecule has 0 spiro atoms. The Bertz CT molecular complexity index is 656. The van der Waals surface area contributed by atoms with E-state index in [1.165, 1.54) is 16.5 Å². The number of nitrogens with two attached hydrogens (primary N) is 1. The Hall–Kier alpha value is -1.61. The van der Waals surface area contributed by atoms with Gasteiger partial charge in [0.05, 0.1) is 5.52 Å². The highest BCUT2D eigenvalue weighted by Gasteiger charge is 2.08. The van der Waals surface area contributed by atoms with Crippen LogP contribution in [0.1, 0.15) is 29.5 Å². The molecule has 0 bridgehead atoms. The van der Waals surface area contributed by atoms with Gasteiger partial charge in [-0.1, -0.05) is 6.07 Å². The Morgan fingerprint density at radius 2 is 1.89 bits per heavy atom. The quantitative estimate of drug-likeness (QED) is 0.856. The molecular weight excluding hydrogens is 236 g/mol. The van der Waals surface area contributed by atoms with Crippen molar-refractivity contribution in [1.29, 1.82) is 0 Å². The van der Waals surface area contributed by atoms with Crippen LogP contribution < -0.4 is 11.3 Å². The molecule has 2 rings (SSSR count). The van der Waals surface area contributed by atoms with Crippen molar-refractivity contribution in [2.45, 2.75) is 33.1 Å². The van der Waals surface area contributed by atoms with E-state index < -0.39 is 0 Å². The maximum absolute atomic E-state index is 12.3. The lowest BCUT2D eigenvalue weighted by Crippen LogP contribution is -2.21. The number of rotatable bonds is 4. The summed E-state index contributed by atoms with van der Waals surface area (Å²) in [4.78, 5) is 12.3. The van der Waals surface area contributed by atoms with E-state index in [9.17, 15) is 4.79 Å². The zero-order valence-corrected chi connectivity index (χ0v) is 12.0. The molecule has 0 saturated heterocycles. The fourth-order valence-corrected chi connectivity index (χ4v) is 2.62. The van der Waals surface area contributed by atoms with Gasteiger partial charge in [0.1, 0.15) is 0 Å². The predicted molar refractivity (Wildman–Crippen MR) is 80.7 cm³/mol. The third-order valence-electron chi connectivity index (χ3n) is 3.67. The van der Waals surface area contributed by atoms with E-state index >= 15 is 0 Å². The molecule has 0 fully saturated rings. The van der Waals surface area contributed by atoms with Crippen molar-refractivity contribution in [3.05, 3.63) is 45.2 Å². The van der Waals surface area contributed by atoms with Crippen LogP contribution >= 0.6 is 0 Å². The highest BCUT2D eigenvalue weighted by atomic mass is 16.1. The zero-order chi connectivity index (χ0) is 14.0. The average Bonchev–Trinajstić information content (AvgIpc) is 2.36. The molecule has 1 aromatic carbocycles. The smallest absolute Gasteiger partial charge is 0.253 e. The van der Waals surface area contributed by atoms with Gasteiger partial charge in [0.15, 0.2) is 0 Å². The highest BCUT2D eigenvalue weighted by molar-refractivity contribution is 5.83. The first kappa shape index (κ1) is 13.8. The zero-order valence-electron chi connectivity index (χ0n) is 12.0. The summed E-state index contributed by atoms with van der Waals surface area (Å²) in [7, 11) is 1.86. The molecule has 1 heterocycles. The number of pyridine rings is 1. The van der Waals surface area contributed by atoms with Gasteiger partial charge in [0, 0.05) is 18.0 Å². The third kappa shape index (κ3) is 2.71. The second-order valence-corrected chi connectivity index (χ2v) is 5.29. The number of aryl methyl sites for hydroxylation is 4. The SMILES string of the molecule is Cc1cc(C)c2cc(CCCCN)c(=O)n(C)c2c1. The Balaban J connectivity index is 2.56. The molecule has 0 aliphatic rings. The highest BCUT2D eigenvalue weighted by Crippen LogP contribution is 2.20. The molecular formula is C16H22N2O. The van der Waals surface area contributed by atoms with Crippen LogP contribution in [-0.4, -0.2) is 11.1 Å². The molecule has 0 saturated carbocycles. The van der Waals surface area contributed by atoms with Crippen molar-refractivity contribution in [3.8, 4) is 0 Å². The van der Waals surface area contributed by atoms with Gasteiger partial charge in [-0.2, -0.15) is 0 Å². The van der Waals surface area contributed by atoms with E-state index in [0.717, 1.165) is 30.3 Å². The lowest BCUT2D eigenvalue weighted by Gasteiger charge is -2.11. The van der Waals surface area contributed by atoms with Crippen molar-refractivity contribution >= 4 is 10.9 Å². The molecule has 3 nitrogen and oxygen atoms in total. The summed E-state index contributed by atoms with van der Waals surface area (Å²) in [6.45, 7) is 4.85. The van der Waals surface area contributed by atoms with Crippen molar-refractivity contribution in [1.82, 2.24) is 4.57 Å². The molecule has 0 aliphatic carbocycles. The van der Waals surface area contributed by atoms with Crippen LogP contribution in [0.25, 0.3) is 10.9 Å². The maximum atomic E-state index is 12.3. The van der Waals surface area contributed by atoms with Crippen LogP contribution in [0.5, 0.6) is 0 Å². The number of unbranched alkanes of at least 4 members (excludes halogenated alkanes) is 1. The standard InChI is InChI=1S/C16H22N2O/c1-11-8-12(2)14-10-13(6-4-5-7-17)16(19)18(3)15(14)9-11/h8-10H,4-7,17H2,1-3H3. The van der Waals surface area contributed by atoms with Crippen molar-refractivity contribution in [2.75, 3.05) is 6.54 Å². The Morgan fingerprint density at radius 1 is 1.16 bits per heavy atom. The van der Waals surface area contributed by atoms with Gasteiger partial charge in [-0.25, -0.2) is 0 Å². The summed E-state index contributed by atoms with van der Waals surface area (Å²) >= 11 is 0. The molecule has 2 N–H and O–H groups in total. The molecule has 0 unspecified atom stereocenters. The average molecular weight is 258 g/mol. The largest absolute Gasteiger partial charge is 0.330 e. The topological polar surface area (TPSA) is 48.0 Å². The Labute approximate surface area is 114 Å². The van der Waals surface area contributed by atoms with E-state index in [1.807, 2.05) is 7.05 Å². The van der Waals surface area contributed by atoms with Gasteiger partial charge >= 0.3 is 0 Å². The maximum Gasteiger partial charge on any atom is 0.253 e. The molecule has 0 amide bonds. The first-order valence-electron chi connectivity index (χ1n) is 6.84. The number of nitrogens with zero attached hydrogens (tertiary/aromatic N) is 1. The van der Waals surface area contributed by atoms with E-state index in [0.29, 0.717) is 6.54 Å². The first-order valence-corrected chi connectivity index (χ1v) is 6.84. The molecule has 102 valence electrons. The van der Waals surface area contributed by atoms with Gasteiger partial charge in [0.2, 0.25) is 0 Å². The third-order valence-corrected chi connectivity index (χ3v) is 3.67. The molecule has 19 heavy (non-hydrogen) atoms. The summed E-state index contributed by atoms with van der Waals surface area (Å²) in [5.74, 6) is 0. The van der Waals surface area contributed by atoms with Gasteiger partial charge in [-0.3, -0.25) is 4.79 Å². The predicted octanol–water partition coefficient (Wildman–Crippen LogP) is 2.44. The fraction of sp³-hybridized carbons (Fsp3) is 0.438. The summed E-state index contributed by atoms with van der Waals surface area (Å²) in [6, 6.07) is 6.30. The molecule has 1 aromatic heterocycles. The minimum absolute atomic E-state index is 0.120. The van der Waals surface area contributed by atoms with E-state index in [4.69, 9.17) is 5.73 Å². The lowest BCUT2D eigenvalue weighted by atomic mass is 10.0. The molecule has 3 heteroatoms. The van der Waals surface area contributed by atoms with Crippen LogP contribution in [0.15, 0.2) is 23.0 Å². The minimum Gasteiger partial charge on any atom is -0.330 e. The Kier molecular flexibility index (Phi) is 4.05. The van der Waals surface area contributed by atoms with Gasteiger partial charge < -0.3 is 10.3 Å². The van der Waals surface area contributed by atoms with Gasteiger partial charge in [0.25, 0.3) is 5.56 Å². The second-order valence-electron chi connectivity index (χ2n) is 5.29. The van der Waals surface area contributed by atoms with Crippen LogP contribution in [0.2, 0.25) is 0 Å². The summed E-state index contributed by atoms with van der Waals surface area (Å²) < 4.78 is 1.77. The van der Waals surface area contributed by atoms with E-state index in [-0.39, 0.29) is 5.56 Å². The van der Waals surface area contributed by atoms with Gasteiger partial charge in [-0.05, 0) is 62.9 Å².